The Morgan fingerprint density at radius 3 is 2.80 bits per heavy atom. The lowest BCUT2D eigenvalue weighted by Crippen LogP contribution is -2.11. The average Bonchev–Trinajstić information content (AvgIpc) is 2.25. The van der Waals surface area contributed by atoms with Gasteiger partial charge in [0.15, 0.2) is 11.1 Å². The number of anilines is 1. The lowest BCUT2D eigenvalue weighted by molar-refractivity contribution is 0.0602. The van der Waals surface area contributed by atoms with Crippen LogP contribution in [0.3, 0.4) is 0 Å². The molecular weight excluding hydrogens is 218 g/mol. The number of esters is 1. The maximum Gasteiger partial charge on any atom is 0.339 e. The summed E-state index contributed by atoms with van der Waals surface area (Å²) in [6, 6.07) is 6.62. The van der Waals surface area contributed by atoms with Crippen LogP contribution in [0.1, 0.15) is 10.4 Å². The summed E-state index contributed by atoms with van der Waals surface area (Å²) in [5.41, 5.74) is 0.817. The van der Waals surface area contributed by atoms with Crippen molar-refractivity contribution in [3.63, 3.8) is 0 Å². The Morgan fingerprint density at radius 2 is 2.20 bits per heavy atom. The molecule has 0 aliphatic carbocycles. The van der Waals surface area contributed by atoms with Crippen LogP contribution in [0.4, 0.5) is 5.69 Å². The normalized spacial score (nSPS) is 11.9. The van der Waals surface area contributed by atoms with Gasteiger partial charge in [0, 0.05) is 5.69 Å². The van der Waals surface area contributed by atoms with Gasteiger partial charge in [0.05, 0.1) is 12.7 Å². The van der Waals surface area contributed by atoms with E-state index < -0.39 is 17.0 Å². The van der Waals surface area contributed by atoms with Crippen LogP contribution < -0.4 is 5.32 Å². The molecule has 0 radical (unpaired) electrons. The molecular formula is C9H11NO4S. The Balaban J connectivity index is 2.86. The number of benzene rings is 1. The molecule has 0 aliphatic rings. The minimum absolute atomic E-state index is 0.131. The summed E-state index contributed by atoms with van der Waals surface area (Å²) in [5, 5.41) is 2.68. The van der Waals surface area contributed by atoms with Crippen molar-refractivity contribution in [2.75, 3.05) is 18.3 Å². The Hall–Kier alpha value is -1.40. The van der Waals surface area contributed by atoms with E-state index in [1.807, 2.05) is 0 Å². The van der Waals surface area contributed by atoms with Crippen molar-refractivity contribution in [1.29, 1.82) is 0 Å². The largest absolute Gasteiger partial charge is 0.465 e. The van der Waals surface area contributed by atoms with Crippen molar-refractivity contribution >= 4 is 22.7 Å². The van der Waals surface area contributed by atoms with Crippen LogP contribution in [-0.4, -0.2) is 27.7 Å². The first-order valence-corrected chi connectivity index (χ1v) is 5.41. The number of ether oxygens (including phenoxy) is 1. The maximum atomic E-state index is 11.3. The van der Waals surface area contributed by atoms with E-state index in [0.29, 0.717) is 11.3 Å². The first kappa shape index (κ1) is 11.7. The van der Waals surface area contributed by atoms with Gasteiger partial charge < -0.3 is 14.6 Å². The van der Waals surface area contributed by atoms with Crippen molar-refractivity contribution in [2.24, 2.45) is 0 Å². The van der Waals surface area contributed by atoms with Gasteiger partial charge >= 0.3 is 5.97 Å². The first-order chi connectivity index (χ1) is 7.15. The quantitative estimate of drug-likeness (QED) is 0.596. The molecule has 0 heterocycles. The number of nitrogens with one attached hydrogen (secondary N) is 1. The summed E-state index contributed by atoms with van der Waals surface area (Å²) in [4.78, 5) is 11.3. The Labute approximate surface area is 89.7 Å². The monoisotopic (exact) mass is 229 g/mol. The highest BCUT2D eigenvalue weighted by atomic mass is 32.2. The van der Waals surface area contributed by atoms with Gasteiger partial charge in [-0.25, -0.2) is 9.00 Å². The van der Waals surface area contributed by atoms with Crippen LogP contribution in [0.25, 0.3) is 0 Å². The molecule has 82 valence electrons. The van der Waals surface area contributed by atoms with Crippen LogP contribution >= 0.6 is 0 Å². The molecule has 1 aromatic carbocycles. The molecule has 0 saturated heterocycles. The highest BCUT2D eigenvalue weighted by molar-refractivity contribution is 7.79. The summed E-state index contributed by atoms with van der Waals surface area (Å²) in [6.07, 6.45) is 0. The molecule has 2 N–H and O–H groups in total. The van der Waals surface area contributed by atoms with Crippen molar-refractivity contribution in [1.82, 2.24) is 0 Å². The van der Waals surface area contributed by atoms with Crippen molar-refractivity contribution < 1.29 is 18.3 Å². The highest BCUT2D eigenvalue weighted by Crippen LogP contribution is 2.15. The van der Waals surface area contributed by atoms with Gasteiger partial charge in [0.1, 0.15) is 5.88 Å². The Kier molecular flexibility index (Phi) is 4.26. The molecule has 0 aromatic heterocycles. The SMILES string of the molecule is COC(=O)c1ccccc1NCS(=O)O. The summed E-state index contributed by atoms with van der Waals surface area (Å²) < 4.78 is 23.6. The van der Waals surface area contributed by atoms with E-state index in [1.54, 1.807) is 24.3 Å². The van der Waals surface area contributed by atoms with Gasteiger partial charge in [-0.15, -0.1) is 0 Å². The molecule has 0 spiro atoms. The number of rotatable bonds is 4. The van der Waals surface area contributed by atoms with E-state index in [-0.39, 0.29) is 5.88 Å². The number of para-hydroxylation sites is 1. The van der Waals surface area contributed by atoms with Crippen LogP contribution in [0.5, 0.6) is 0 Å². The zero-order chi connectivity index (χ0) is 11.3. The molecule has 0 aliphatic heterocycles. The van der Waals surface area contributed by atoms with Crippen LogP contribution in [0, 0.1) is 0 Å². The molecule has 5 nitrogen and oxygen atoms in total. The second-order valence-electron chi connectivity index (χ2n) is 2.68. The van der Waals surface area contributed by atoms with E-state index in [9.17, 15) is 9.00 Å². The van der Waals surface area contributed by atoms with E-state index in [4.69, 9.17) is 4.55 Å². The van der Waals surface area contributed by atoms with Gasteiger partial charge in [-0.1, -0.05) is 12.1 Å². The lowest BCUT2D eigenvalue weighted by atomic mass is 10.2. The zero-order valence-corrected chi connectivity index (χ0v) is 8.91. The Morgan fingerprint density at radius 1 is 1.53 bits per heavy atom. The van der Waals surface area contributed by atoms with Crippen molar-refractivity contribution in [3.05, 3.63) is 29.8 Å². The third-order valence-electron chi connectivity index (χ3n) is 1.72. The minimum atomic E-state index is -1.95. The van der Waals surface area contributed by atoms with Gasteiger partial charge in [-0.05, 0) is 12.1 Å². The van der Waals surface area contributed by atoms with Gasteiger partial charge in [-0.2, -0.15) is 0 Å². The zero-order valence-electron chi connectivity index (χ0n) is 8.10. The molecule has 0 saturated carbocycles. The lowest BCUT2D eigenvalue weighted by Gasteiger charge is -2.08. The molecule has 15 heavy (non-hydrogen) atoms. The van der Waals surface area contributed by atoms with Crippen LogP contribution in [-0.2, 0) is 15.8 Å². The topological polar surface area (TPSA) is 75.6 Å². The van der Waals surface area contributed by atoms with Gasteiger partial charge in [0.25, 0.3) is 0 Å². The predicted octanol–water partition coefficient (Wildman–Crippen LogP) is 1.06. The third-order valence-corrected chi connectivity index (χ3v) is 2.11. The molecule has 1 atom stereocenters. The number of carbonyl (C=O) groups is 1. The summed E-state index contributed by atoms with van der Waals surface area (Å²) in [7, 11) is 1.28. The van der Waals surface area contributed by atoms with Crippen molar-refractivity contribution in [3.8, 4) is 0 Å². The van der Waals surface area contributed by atoms with Crippen LogP contribution in [0.2, 0.25) is 0 Å². The van der Waals surface area contributed by atoms with E-state index in [1.165, 1.54) is 7.11 Å². The van der Waals surface area contributed by atoms with Gasteiger partial charge in [0.2, 0.25) is 0 Å². The predicted molar refractivity (Wildman–Crippen MR) is 57.0 cm³/mol. The summed E-state index contributed by atoms with van der Waals surface area (Å²) in [6.45, 7) is 0. The van der Waals surface area contributed by atoms with Gasteiger partial charge in [-0.3, -0.25) is 0 Å². The molecule has 1 aromatic rings. The molecule has 6 heteroatoms. The standard InChI is InChI=1S/C9H11NO4S/c1-14-9(11)7-4-2-3-5-8(7)10-6-15(12)13/h2-5,10H,6H2,1H3,(H,12,13). The number of hydrogen-bond acceptors (Lipinski definition) is 4. The highest BCUT2D eigenvalue weighted by Gasteiger charge is 2.10. The van der Waals surface area contributed by atoms with Crippen LogP contribution in [0.15, 0.2) is 24.3 Å². The van der Waals surface area contributed by atoms with Crippen molar-refractivity contribution in [2.45, 2.75) is 0 Å². The fourth-order valence-corrected chi connectivity index (χ4v) is 1.34. The molecule has 0 bridgehead atoms. The molecule has 0 amide bonds. The smallest absolute Gasteiger partial charge is 0.339 e. The van der Waals surface area contributed by atoms with E-state index in [2.05, 4.69) is 10.1 Å². The number of methoxy groups -OCH3 is 1. The first-order valence-electron chi connectivity index (χ1n) is 4.14. The fraction of sp³-hybridized carbons (Fsp3) is 0.222. The Bertz CT molecular complexity index is 380. The molecule has 1 unspecified atom stereocenters. The third kappa shape index (κ3) is 3.34. The fourth-order valence-electron chi connectivity index (χ4n) is 1.06. The number of hydrogen-bond donors (Lipinski definition) is 2. The van der Waals surface area contributed by atoms with E-state index in [0.717, 1.165) is 0 Å². The minimum Gasteiger partial charge on any atom is -0.465 e. The summed E-state index contributed by atoms with van der Waals surface area (Å²) >= 11 is -1.95. The van der Waals surface area contributed by atoms with E-state index >= 15 is 0 Å². The average molecular weight is 229 g/mol. The second kappa shape index (κ2) is 5.47. The second-order valence-corrected chi connectivity index (χ2v) is 3.61. The summed E-state index contributed by atoms with van der Waals surface area (Å²) in [5.74, 6) is -0.615. The molecule has 1 rings (SSSR count). The maximum absolute atomic E-state index is 11.3. The number of carbonyl (C=O) groups excluding carboxylic acids is 1. The molecule has 0 fully saturated rings.